The second-order valence-corrected chi connectivity index (χ2v) is 21.7. The summed E-state index contributed by atoms with van der Waals surface area (Å²) in [6.07, 6.45) is 59.3. The fraction of sp³-hybridized carbons (Fsp3) is 0.911. The summed E-state index contributed by atoms with van der Waals surface area (Å²) < 4.78 is 34.8. The van der Waals surface area contributed by atoms with Gasteiger partial charge in [-0.2, -0.15) is 0 Å². The topological polar surface area (TPSA) is 94.1 Å². The molecule has 0 spiro atoms. The van der Waals surface area contributed by atoms with E-state index in [1.165, 1.54) is 218 Å². The SMILES string of the molecule is CCCCCCCC/C=C\CCCCCCCCCCOCC(COP(=O)([O-])OCC[N+](C)(C)C)OC(=O)CCCCCCCCCCCCCCC/C=C\CCCCCCCCCC. The van der Waals surface area contributed by atoms with Crippen molar-refractivity contribution in [1.29, 1.82) is 0 Å². The highest BCUT2D eigenvalue weighted by atomic mass is 31.2. The van der Waals surface area contributed by atoms with Gasteiger partial charge in [-0.25, -0.2) is 0 Å². The van der Waals surface area contributed by atoms with Gasteiger partial charge in [-0.05, 0) is 64.2 Å². The summed E-state index contributed by atoms with van der Waals surface area (Å²) in [4.78, 5) is 25.2. The number of carbonyl (C=O) groups excluding carboxylic acids is 1. The molecule has 0 N–H and O–H groups in total. The monoisotopic (exact) mass is 940 g/mol. The third-order valence-electron chi connectivity index (χ3n) is 12.5. The van der Waals surface area contributed by atoms with Gasteiger partial charge >= 0.3 is 5.97 Å². The molecule has 0 aromatic rings. The van der Waals surface area contributed by atoms with Crippen molar-refractivity contribution in [3.63, 3.8) is 0 Å². The van der Waals surface area contributed by atoms with E-state index in [-0.39, 0.29) is 25.8 Å². The Balaban J connectivity index is 4.05. The van der Waals surface area contributed by atoms with Crippen LogP contribution in [0.25, 0.3) is 0 Å². The molecule has 0 aliphatic carbocycles. The molecular formula is C56H110NO7P. The molecule has 0 aliphatic rings. The molecule has 0 rings (SSSR count). The molecule has 0 radical (unpaired) electrons. The molecule has 0 saturated heterocycles. The summed E-state index contributed by atoms with van der Waals surface area (Å²) in [6.45, 7) is 5.46. The van der Waals surface area contributed by atoms with Crippen molar-refractivity contribution < 1.29 is 37.3 Å². The van der Waals surface area contributed by atoms with Crippen LogP contribution in [0, 0.1) is 0 Å². The van der Waals surface area contributed by atoms with Gasteiger partial charge in [-0.15, -0.1) is 0 Å². The lowest BCUT2D eigenvalue weighted by molar-refractivity contribution is -0.870. The second-order valence-electron chi connectivity index (χ2n) is 20.3. The zero-order valence-electron chi connectivity index (χ0n) is 44.0. The van der Waals surface area contributed by atoms with Crippen molar-refractivity contribution in [3.8, 4) is 0 Å². The molecule has 0 amide bonds. The molecule has 0 aromatic carbocycles. The number of hydrogen-bond donors (Lipinski definition) is 0. The van der Waals surface area contributed by atoms with E-state index in [9.17, 15) is 14.3 Å². The molecule has 2 unspecified atom stereocenters. The first kappa shape index (κ1) is 64.0. The zero-order chi connectivity index (χ0) is 47.6. The van der Waals surface area contributed by atoms with Crippen LogP contribution in [0.15, 0.2) is 24.3 Å². The minimum atomic E-state index is -4.53. The minimum absolute atomic E-state index is 0.0276. The van der Waals surface area contributed by atoms with Crippen LogP contribution < -0.4 is 4.89 Å². The van der Waals surface area contributed by atoms with Crippen molar-refractivity contribution in [3.05, 3.63) is 24.3 Å². The van der Waals surface area contributed by atoms with E-state index in [2.05, 4.69) is 38.2 Å². The summed E-state index contributed by atoms with van der Waals surface area (Å²) in [6, 6.07) is 0. The Kier molecular flexibility index (Phi) is 48.6. The number of carbonyl (C=O) groups is 1. The molecule has 0 bridgehead atoms. The number of esters is 1. The van der Waals surface area contributed by atoms with Gasteiger partial charge in [0.25, 0.3) is 7.82 Å². The average Bonchev–Trinajstić information content (AvgIpc) is 3.27. The molecule has 0 heterocycles. The largest absolute Gasteiger partial charge is 0.756 e. The first-order valence-corrected chi connectivity index (χ1v) is 29.5. The van der Waals surface area contributed by atoms with Gasteiger partial charge in [0.1, 0.15) is 19.3 Å². The van der Waals surface area contributed by atoms with E-state index >= 15 is 0 Å². The van der Waals surface area contributed by atoms with E-state index < -0.39 is 13.9 Å². The van der Waals surface area contributed by atoms with Gasteiger partial charge in [0, 0.05) is 13.0 Å². The van der Waals surface area contributed by atoms with Crippen molar-refractivity contribution in [2.24, 2.45) is 0 Å². The van der Waals surface area contributed by atoms with Crippen LogP contribution in [0.1, 0.15) is 271 Å². The number of likely N-dealkylation sites (N-methyl/N-ethyl adjacent to an activating group) is 1. The van der Waals surface area contributed by atoms with Gasteiger partial charge in [-0.3, -0.25) is 9.36 Å². The van der Waals surface area contributed by atoms with E-state index in [1.807, 2.05) is 21.1 Å². The predicted octanol–water partition coefficient (Wildman–Crippen LogP) is 16.9. The number of allylic oxidation sites excluding steroid dienone is 4. The number of phosphoric ester groups is 1. The van der Waals surface area contributed by atoms with Crippen LogP contribution in [0.4, 0.5) is 0 Å². The fourth-order valence-corrected chi connectivity index (χ4v) is 8.86. The van der Waals surface area contributed by atoms with Gasteiger partial charge < -0.3 is 27.9 Å². The first-order valence-electron chi connectivity index (χ1n) is 28.1. The van der Waals surface area contributed by atoms with Crippen LogP contribution in [0.5, 0.6) is 0 Å². The fourth-order valence-electron chi connectivity index (χ4n) is 8.13. The molecule has 8 nitrogen and oxygen atoms in total. The van der Waals surface area contributed by atoms with Gasteiger partial charge in [-0.1, -0.05) is 224 Å². The summed E-state index contributed by atoms with van der Waals surface area (Å²) >= 11 is 0. The normalized spacial score (nSPS) is 13.6. The highest BCUT2D eigenvalue weighted by molar-refractivity contribution is 7.45. The first-order chi connectivity index (χ1) is 31.6. The van der Waals surface area contributed by atoms with Crippen molar-refractivity contribution in [2.45, 2.75) is 277 Å². The zero-order valence-corrected chi connectivity index (χ0v) is 44.9. The number of ether oxygens (including phenoxy) is 2. The average molecular weight is 940 g/mol. The maximum absolute atomic E-state index is 12.8. The molecule has 386 valence electrons. The summed E-state index contributed by atoms with van der Waals surface area (Å²) in [5.74, 6) is -0.330. The summed E-state index contributed by atoms with van der Waals surface area (Å²) in [7, 11) is 1.37. The molecule has 0 saturated carbocycles. The van der Waals surface area contributed by atoms with Crippen molar-refractivity contribution >= 4 is 13.8 Å². The molecule has 65 heavy (non-hydrogen) atoms. The Morgan fingerprint density at radius 2 is 0.800 bits per heavy atom. The smallest absolute Gasteiger partial charge is 0.306 e. The Morgan fingerprint density at radius 1 is 0.462 bits per heavy atom. The van der Waals surface area contributed by atoms with Gasteiger partial charge in [0.2, 0.25) is 0 Å². The Labute approximate surface area is 404 Å². The maximum atomic E-state index is 12.8. The van der Waals surface area contributed by atoms with Crippen molar-refractivity contribution in [1.82, 2.24) is 0 Å². The third-order valence-corrected chi connectivity index (χ3v) is 13.4. The molecular weight excluding hydrogens is 830 g/mol. The van der Waals surface area contributed by atoms with Crippen LogP contribution >= 0.6 is 7.82 Å². The van der Waals surface area contributed by atoms with Crippen LogP contribution in [-0.2, 0) is 27.9 Å². The van der Waals surface area contributed by atoms with Crippen LogP contribution in [-0.4, -0.2) is 70.7 Å². The summed E-state index contributed by atoms with van der Waals surface area (Å²) in [5, 5.41) is 0. The van der Waals surface area contributed by atoms with Gasteiger partial charge in [0.05, 0.1) is 34.4 Å². The number of quaternary nitrogens is 1. The summed E-state index contributed by atoms with van der Waals surface area (Å²) in [5.41, 5.74) is 0. The quantitative estimate of drug-likeness (QED) is 0.0197. The predicted molar refractivity (Wildman–Crippen MR) is 277 cm³/mol. The molecule has 0 aromatic heterocycles. The van der Waals surface area contributed by atoms with Crippen LogP contribution in [0.2, 0.25) is 0 Å². The standard InChI is InChI=1S/C56H110NO7P/c1-6-8-10-12-14-16-18-20-22-24-26-27-28-29-30-31-32-33-35-37-39-41-43-45-47-49-56(58)64-55(54-63-65(59,60)62-52-50-57(3,4)5)53-61-51-48-46-44-42-40-38-36-34-25-23-21-19-17-15-13-11-9-7-2/h21,23-24,26,55H,6-20,22,25,27-54H2,1-5H3/b23-21-,26-24-. The Hall–Kier alpha value is -1.02. The van der Waals surface area contributed by atoms with E-state index in [0.717, 1.165) is 32.1 Å². The number of unbranched alkanes of at least 4 members (excludes halogenated alkanes) is 35. The number of rotatable bonds is 53. The lowest BCUT2D eigenvalue weighted by Crippen LogP contribution is -2.37. The highest BCUT2D eigenvalue weighted by Crippen LogP contribution is 2.38. The lowest BCUT2D eigenvalue weighted by atomic mass is 10.0. The third kappa shape index (κ3) is 53.8. The van der Waals surface area contributed by atoms with E-state index in [1.54, 1.807) is 0 Å². The van der Waals surface area contributed by atoms with E-state index in [0.29, 0.717) is 24.1 Å². The number of hydrogen-bond acceptors (Lipinski definition) is 7. The van der Waals surface area contributed by atoms with Crippen molar-refractivity contribution in [2.75, 3.05) is 54.1 Å². The Bertz CT molecular complexity index is 1090. The lowest BCUT2D eigenvalue weighted by Gasteiger charge is -2.28. The molecule has 0 fully saturated rings. The molecule has 9 heteroatoms. The number of nitrogens with zero attached hydrogens (tertiary/aromatic N) is 1. The Morgan fingerprint density at radius 3 is 1.17 bits per heavy atom. The van der Waals surface area contributed by atoms with Crippen LogP contribution in [0.3, 0.4) is 0 Å². The minimum Gasteiger partial charge on any atom is -0.756 e. The van der Waals surface area contributed by atoms with E-state index in [4.69, 9.17) is 18.5 Å². The highest BCUT2D eigenvalue weighted by Gasteiger charge is 2.20. The molecule has 0 aliphatic heterocycles. The second kappa shape index (κ2) is 49.4. The molecule has 2 atom stereocenters. The number of phosphoric acid groups is 1. The maximum Gasteiger partial charge on any atom is 0.306 e. The van der Waals surface area contributed by atoms with Gasteiger partial charge in [0.15, 0.2) is 0 Å².